The fourth-order valence-corrected chi connectivity index (χ4v) is 2.80. The first-order valence-corrected chi connectivity index (χ1v) is 6.09. The van der Waals surface area contributed by atoms with Crippen molar-refractivity contribution in [2.45, 2.75) is 6.92 Å². The van der Waals surface area contributed by atoms with Gasteiger partial charge in [-0.15, -0.1) is 0 Å². The third kappa shape index (κ3) is 1.90. The van der Waals surface area contributed by atoms with Crippen LogP contribution in [0.4, 0.5) is 0 Å². The summed E-state index contributed by atoms with van der Waals surface area (Å²) in [6, 6.07) is 1.86. The predicted molar refractivity (Wildman–Crippen MR) is 68.8 cm³/mol. The molecule has 1 aromatic rings. The number of aryl methyl sites for hydroxylation is 1. The summed E-state index contributed by atoms with van der Waals surface area (Å²) in [4.78, 5) is 14.2. The molecule has 2 heterocycles. The molecule has 84 valence electrons. The van der Waals surface area contributed by atoms with Crippen molar-refractivity contribution in [1.82, 2.24) is 14.7 Å². The van der Waals surface area contributed by atoms with Crippen LogP contribution in [0.5, 0.6) is 0 Å². The summed E-state index contributed by atoms with van der Waals surface area (Å²) in [5, 5.41) is 4.05. The Balaban J connectivity index is 2.31. The Bertz CT molecular complexity index is 478. The van der Waals surface area contributed by atoms with Gasteiger partial charge < -0.3 is 0 Å². The van der Waals surface area contributed by atoms with Crippen LogP contribution in [0.25, 0.3) is 6.08 Å². The van der Waals surface area contributed by atoms with E-state index in [1.54, 1.807) is 15.8 Å². The number of hydrogen-bond acceptors (Lipinski definition) is 4. The van der Waals surface area contributed by atoms with Crippen LogP contribution in [0.15, 0.2) is 17.2 Å². The lowest BCUT2D eigenvalue weighted by Gasteiger charge is -2.09. The average molecular weight is 253 g/mol. The average Bonchev–Trinajstić information content (AvgIpc) is 2.74. The summed E-state index contributed by atoms with van der Waals surface area (Å²) in [6.07, 6.45) is 3.52. The molecule has 0 radical (unpaired) electrons. The molecule has 1 aliphatic rings. The normalized spacial score (nSPS) is 18.9. The topological polar surface area (TPSA) is 38.1 Å². The minimum absolute atomic E-state index is 0.0151. The second kappa shape index (κ2) is 4.39. The van der Waals surface area contributed by atoms with Crippen LogP contribution < -0.4 is 0 Å². The van der Waals surface area contributed by atoms with Gasteiger partial charge in [0.25, 0.3) is 5.91 Å². The lowest BCUT2D eigenvalue weighted by atomic mass is 10.3. The SMILES string of the molecule is CCN1C(=O)C(=Cc2ccnn2C)SC1=S. The van der Waals surface area contributed by atoms with Crippen molar-refractivity contribution in [1.29, 1.82) is 0 Å². The van der Waals surface area contributed by atoms with Crippen molar-refractivity contribution in [2.24, 2.45) is 7.05 Å². The molecule has 0 bridgehead atoms. The molecule has 1 aromatic heterocycles. The lowest BCUT2D eigenvalue weighted by molar-refractivity contribution is -0.121. The van der Waals surface area contributed by atoms with E-state index in [4.69, 9.17) is 12.2 Å². The molecule has 0 unspecified atom stereocenters. The summed E-state index contributed by atoms with van der Waals surface area (Å²) in [5.74, 6) is -0.0151. The molecule has 2 rings (SSSR count). The van der Waals surface area contributed by atoms with Crippen LogP contribution in [-0.4, -0.2) is 31.5 Å². The van der Waals surface area contributed by atoms with Crippen LogP contribution in [0.2, 0.25) is 0 Å². The summed E-state index contributed by atoms with van der Waals surface area (Å²) in [7, 11) is 1.84. The second-order valence-corrected chi connectivity index (χ2v) is 4.98. The quantitative estimate of drug-likeness (QED) is 0.593. The Hall–Kier alpha value is -1.14. The van der Waals surface area contributed by atoms with Crippen molar-refractivity contribution in [3.63, 3.8) is 0 Å². The zero-order valence-electron chi connectivity index (χ0n) is 9.01. The number of aromatic nitrogens is 2. The van der Waals surface area contributed by atoms with E-state index in [1.807, 2.05) is 26.1 Å². The highest BCUT2D eigenvalue weighted by molar-refractivity contribution is 8.26. The van der Waals surface area contributed by atoms with E-state index in [-0.39, 0.29) is 5.91 Å². The smallest absolute Gasteiger partial charge is 0.266 e. The molecule has 6 heteroatoms. The van der Waals surface area contributed by atoms with Gasteiger partial charge in [-0.3, -0.25) is 14.4 Å². The Morgan fingerprint density at radius 2 is 2.38 bits per heavy atom. The molecular weight excluding hydrogens is 242 g/mol. The minimum Gasteiger partial charge on any atom is -0.293 e. The van der Waals surface area contributed by atoms with Crippen LogP contribution in [0.1, 0.15) is 12.6 Å². The van der Waals surface area contributed by atoms with Crippen LogP contribution >= 0.6 is 24.0 Å². The fourth-order valence-electron chi connectivity index (χ4n) is 1.43. The maximum absolute atomic E-state index is 11.9. The molecule has 1 amide bonds. The number of hydrogen-bond donors (Lipinski definition) is 0. The van der Waals surface area contributed by atoms with E-state index in [2.05, 4.69) is 5.10 Å². The molecule has 1 aliphatic heterocycles. The van der Waals surface area contributed by atoms with Crippen molar-refractivity contribution in [2.75, 3.05) is 6.54 Å². The summed E-state index contributed by atoms with van der Waals surface area (Å²) >= 11 is 6.47. The molecule has 0 aliphatic carbocycles. The number of carbonyl (C=O) groups is 1. The zero-order valence-corrected chi connectivity index (χ0v) is 10.6. The molecule has 0 atom stereocenters. The number of nitrogens with zero attached hydrogens (tertiary/aromatic N) is 3. The van der Waals surface area contributed by atoms with Crippen LogP contribution in [0.3, 0.4) is 0 Å². The van der Waals surface area contributed by atoms with Crippen molar-refractivity contribution < 1.29 is 4.79 Å². The van der Waals surface area contributed by atoms with E-state index >= 15 is 0 Å². The summed E-state index contributed by atoms with van der Waals surface area (Å²) < 4.78 is 2.35. The third-order valence-electron chi connectivity index (χ3n) is 2.33. The van der Waals surface area contributed by atoms with Crippen molar-refractivity contribution in [3.05, 3.63) is 22.9 Å². The van der Waals surface area contributed by atoms with E-state index in [0.717, 1.165) is 5.69 Å². The number of thiocarbonyl (C=S) groups is 1. The highest BCUT2D eigenvalue weighted by Gasteiger charge is 2.30. The monoisotopic (exact) mass is 253 g/mol. The first-order chi connectivity index (χ1) is 7.63. The van der Waals surface area contributed by atoms with Crippen LogP contribution in [0, 0.1) is 0 Å². The molecule has 0 aromatic carbocycles. The number of amides is 1. The molecule has 0 N–H and O–H groups in total. The van der Waals surface area contributed by atoms with E-state index in [0.29, 0.717) is 15.8 Å². The van der Waals surface area contributed by atoms with Crippen molar-refractivity contribution in [3.8, 4) is 0 Å². The fraction of sp³-hybridized carbons (Fsp3) is 0.300. The van der Waals surface area contributed by atoms with Gasteiger partial charge in [-0.05, 0) is 19.1 Å². The molecule has 1 saturated heterocycles. The molecule has 1 fully saturated rings. The molecule has 4 nitrogen and oxygen atoms in total. The number of thioether (sulfide) groups is 1. The largest absolute Gasteiger partial charge is 0.293 e. The molecule has 16 heavy (non-hydrogen) atoms. The second-order valence-electron chi connectivity index (χ2n) is 3.31. The standard InChI is InChI=1S/C10H11N3OS2/c1-3-13-9(14)8(16-10(13)15)6-7-4-5-11-12(7)2/h4-6H,3H2,1-2H3. The van der Waals surface area contributed by atoms with Gasteiger partial charge in [0.15, 0.2) is 0 Å². The highest BCUT2D eigenvalue weighted by Crippen LogP contribution is 2.31. The molecule has 0 saturated carbocycles. The minimum atomic E-state index is -0.0151. The number of rotatable bonds is 2. The van der Waals surface area contributed by atoms with E-state index in [9.17, 15) is 4.79 Å². The molecule has 0 spiro atoms. The molecular formula is C10H11N3OS2. The Kier molecular flexibility index (Phi) is 3.11. The summed E-state index contributed by atoms with van der Waals surface area (Å²) in [6.45, 7) is 2.53. The maximum Gasteiger partial charge on any atom is 0.266 e. The van der Waals surface area contributed by atoms with Gasteiger partial charge in [-0.25, -0.2) is 0 Å². The van der Waals surface area contributed by atoms with Gasteiger partial charge in [0, 0.05) is 19.8 Å². The van der Waals surface area contributed by atoms with Crippen LogP contribution in [-0.2, 0) is 11.8 Å². The van der Waals surface area contributed by atoms with Crippen molar-refractivity contribution >= 4 is 40.3 Å². The van der Waals surface area contributed by atoms with Gasteiger partial charge >= 0.3 is 0 Å². The number of likely N-dealkylation sites (N-methyl/N-ethyl adjacent to an activating group) is 1. The first-order valence-electron chi connectivity index (χ1n) is 4.87. The maximum atomic E-state index is 11.9. The van der Waals surface area contributed by atoms with Gasteiger partial charge in [0.05, 0.1) is 10.6 Å². The van der Waals surface area contributed by atoms with E-state index < -0.39 is 0 Å². The lowest BCUT2D eigenvalue weighted by Crippen LogP contribution is -2.27. The van der Waals surface area contributed by atoms with E-state index in [1.165, 1.54) is 11.8 Å². The number of carbonyl (C=O) groups excluding carboxylic acids is 1. The van der Waals surface area contributed by atoms with Gasteiger partial charge in [0.1, 0.15) is 4.32 Å². The zero-order chi connectivity index (χ0) is 11.7. The highest BCUT2D eigenvalue weighted by atomic mass is 32.2. The Morgan fingerprint density at radius 3 is 2.88 bits per heavy atom. The van der Waals surface area contributed by atoms with Gasteiger partial charge in [-0.1, -0.05) is 24.0 Å². The predicted octanol–water partition coefficient (Wildman–Crippen LogP) is 1.64. The Morgan fingerprint density at radius 1 is 1.62 bits per heavy atom. The first kappa shape index (κ1) is 11.3. The Labute approximate surface area is 103 Å². The third-order valence-corrected chi connectivity index (χ3v) is 3.71. The van der Waals surface area contributed by atoms with Gasteiger partial charge in [0.2, 0.25) is 0 Å². The summed E-state index contributed by atoms with van der Waals surface area (Å²) in [5.41, 5.74) is 0.900. The van der Waals surface area contributed by atoms with Gasteiger partial charge in [-0.2, -0.15) is 5.10 Å².